The van der Waals surface area contributed by atoms with E-state index in [1.807, 2.05) is 56.7 Å². The summed E-state index contributed by atoms with van der Waals surface area (Å²) in [6, 6.07) is 18.0. The minimum atomic E-state index is -0.278. The van der Waals surface area contributed by atoms with Crippen LogP contribution < -0.4 is 4.74 Å². The molecular formula is C28H40N4O4. The van der Waals surface area contributed by atoms with Crippen molar-refractivity contribution in [2.45, 2.75) is 33.5 Å². The number of para-hydroxylation sites is 1. The number of benzene rings is 2. The van der Waals surface area contributed by atoms with Crippen molar-refractivity contribution in [3.8, 4) is 5.75 Å². The standard InChI is InChI=1S/C24H28N4O3.C2H6O.C2H6/c1-30-23-10-6-5-9-21(23)18-31-24(29)27-13-11-26(12-14-27)17-22-15-25-19-28(22)16-20-7-3-2-4-8-20;1-3-2;1-2/h2-10,15,19H,11-14,16-18H2,1H3;1-2H3;1-2H3/i1-1;;. The number of piperazine rings is 1. The first kappa shape index (κ1) is 28.9. The van der Waals surface area contributed by atoms with Crippen LogP contribution in [0.25, 0.3) is 0 Å². The summed E-state index contributed by atoms with van der Waals surface area (Å²) in [6.07, 6.45) is 3.53. The van der Waals surface area contributed by atoms with Gasteiger partial charge < -0.3 is 23.7 Å². The summed E-state index contributed by atoms with van der Waals surface area (Å²) in [7, 11) is 4.87. The zero-order valence-corrected chi connectivity index (χ0v) is 22.2. The number of carbonyl (C=O) groups excluding carboxylic acids is 1. The lowest BCUT2D eigenvalue weighted by atomic mass is 10.2. The van der Waals surface area contributed by atoms with Crippen LogP contribution in [0.15, 0.2) is 67.1 Å². The maximum absolute atomic E-state index is 12.5. The van der Waals surface area contributed by atoms with Gasteiger partial charge in [0.2, 0.25) is 0 Å². The van der Waals surface area contributed by atoms with Gasteiger partial charge in [-0.15, -0.1) is 0 Å². The number of rotatable bonds is 7. The lowest BCUT2D eigenvalue weighted by Crippen LogP contribution is -2.48. The molecule has 2 heterocycles. The van der Waals surface area contributed by atoms with Crippen LogP contribution in [-0.2, 0) is 29.2 Å². The molecule has 0 radical (unpaired) electrons. The fourth-order valence-electron chi connectivity index (χ4n) is 3.77. The molecule has 1 aliphatic rings. The lowest BCUT2D eigenvalue weighted by molar-refractivity contribution is 0.0691. The van der Waals surface area contributed by atoms with Gasteiger partial charge in [0.1, 0.15) is 12.4 Å². The van der Waals surface area contributed by atoms with E-state index in [-0.39, 0.29) is 12.7 Å². The van der Waals surface area contributed by atoms with Crippen LogP contribution in [0.4, 0.5) is 4.79 Å². The SMILES string of the molecule is CC.COC.[11CH3]Oc1ccccc1COC(=O)N1CCN(Cc2cncn2Cc2ccccc2)CC1. The molecule has 0 unspecified atom stereocenters. The molecule has 36 heavy (non-hydrogen) atoms. The van der Waals surface area contributed by atoms with Gasteiger partial charge in [0.15, 0.2) is 0 Å². The van der Waals surface area contributed by atoms with Crippen LogP contribution in [0.5, 0.6) is 5.75 Å². The van der Waals surface area contributed by atoms with Crippen LogP contribution in [0, 0.1) is 0 Å². The molecule has 0 bridgehead atoms. The van der Waals surface area contributed by atoms with Gasteiger partial charge in [-0.05, 0) is 11.6 Å². The van der Waals surface area contributed by atoms with Crippen LogP contribution in [-0.4, -0.2) is 73.0 Å². The Morgan fingerprint density at radius 1 is 0.889 bits per heavy atom. The predicted molar refractivity (Wildman–Crippen MR) is 142 cm³/mol. The van der Waals surface area contributed by atoms with Crippen molar-refractivity contribution in [3.05, 3.63) is 83.9 Å². The highest BCUT2D eigenvalue weighted by atomic mass is 16.6. The molecule has 1 aliphatic heterocycles. The van der Waals surface area contributed by atoms with Crippen molar-refractivity contribution < 1.29 is 19.0 Å². The monoisotopic (exact) mass is 495 g/mol. The largest absolute Gasteiger partial charge is 0.496 e. The first-order chi connectivity index (χ1) is 17.6. The Morgan fingerprint density at radius 2 is 1.53 bits per heavy atom. The first-order valence-corrected chi connectivity index (χ1v) is 12.3. The van der Waals surface area contributed by atoms with Gasteiger partial charge in [0, 0.05) is 65.2 Å². The molecule has 4 rings (SSSR count). The number of methoxy groups -OCH3 is 2. The number of nitrogens with zero attached hydrogens (tertiary/aromatic N) is 4. The molecule has 196 valence electrons. The van der Waals surface area contributed by atoms with Crippen molar-refractivity contribution >= 4 is 6.09 Å². The molecule has 0 aliphatic carbocycles. The number of imidazole rings is 1. The third-order valence-electron chi connectivity index (χ3n) is 5.55. The maximum atomic E-state index is 12.5. The molecule has 0 saturated carbocycles. The number of amides is 1. The van der Waals surface area contributed by atoms with E-state index < -0.39 is 0 Å². The van der Waals surface area contributed by atoms with Crippen molar-refractivity contribution in [1.82, 2.24) is 19.4 Å². The van der Waals surface area contributed by atoms with Crippen molar-refractivity contribution in [2.24, 2.45) is 0 Å². The van der Waals surface area contributed by atoms with Gasteiger partial charge in [-0.3, -0.25) is 4.90 Å². The number of ether oxygens (including phenoxy) is 3. The van der Waals surface area contributed by atoms with Crippen LogP contribution in [0.1, 0.15) is 30.7 Å². The Kier molecular flexibility index (Phi) is 13.1. The Morgan fingerprint density at radius 3 is 2.19 bits per heavy atom. The van der Waals surface area contributed by atoms with Gasteiger partial charge >= 0.3 is 6.09 Å². The minimum absolute atomic E-state index is 0.210. The van der Waals surface area contributed by atoms with E-state index in [1.165, 1.54) is 11.3 Å². The molecule has 8 heteroatoms. The van der Waals surface area contributed by atoms with Gasteiger partial charge in [0.05, 0.1) is 19.1 Å². The highest BCUT2D eigenvalue weighted by Gasteiger charge is 2.23. The molecule has 1 amide bonds. The highest BCUT2D eigenvalue weighted by molar-refractivity contribution is 5.67. The minimum Gasteiger partial charge on any atom is -0.496 e. The number of carbonyl (C=O) groups is 1. The summed E-state index contributed by atoms with van der Waals surface area (Å²) >= 11 is 0. The molecule has 1 aromatic heterocycles. The fraction of sp³-hybridized carbons (Fsp3) is 0.429. The third-order valence-corrected chi connectivity index (χ3v) is 5.55. The second kappa shape index (κ2) is 16.3. The van der Waals surface area contributed by atoms with Crippen molar-refractivity contribution in [1.29, 1.82) is 0 Å². The number of aromatic nitrogens is 2. The zero-order chi connectivity index (χ0) is 26.2. The third kappa shape index (κ3) is 9.02. The first-order valence-electron chi connectivity index (χ1n) is 12.3. The predicted octanol–water partition coefficient (Wildman–Crippen LogP) is 4.68. The van der Waals surface area contributed by atoms with Crippen LogP contribution in [0.2, 0.25) is 0 Å². The smallest absolute Gasteiger partial charge is 0.410 e. The Hall–Kier alpha value is -3.36. The molecular weight excluding hydrogens is 455 g/mol. The van der Waals surface area contributed by atoms with Gasteiger partial charge in [0.25, 0.3) is 0 Å². The van der Waals surface area contributed by atoms with E-state index in [0.717, 1.165) is 37.5 Å². The van der Waals surface area contributed by atoms with Gasteiger partial charge in [-0.1, -0.05) is 62.4 Å². The molecule has 0 N–H and O–H groups in total. The van der Waals surface area contributed by atoms with Gasteiger partial charge in [-0.2, -0.15) is 0 Å². The molecule has 2 aromatic carbocycles. The van der Waals surface area contributed by atoms with Gasteiger partial charge in [-0.25, -0.2) is 9.78 Å². The van der Waals surface area contributed by atoms with E-state index in [4.69, 9.17) is 9.47 Å². The number of hydrogen-bond acceptors (Lipinski definition) is 6. The molecule has 0 atom stereocenters. The molecule has 0 spiro atoms. The molecule has 8 nitrogen and oxygen atoms in total. The Bertz CT molecular complexity index is 1000. The number of hydrogen-bond donors (Lipinski definition) is 0. The van der Waals surface area contributed by atoms with E-state index in [1.54, 1.807) is 26.2 Å². The molecule has 1 saturated heterocycles. The lowest BCUT2D eigenvalue weighted by Gasteiger charge is -2.34. The van der Waals surface area contributed by atoms with E-state index in [0.29, 0.717) is 13.1 Å². The second-order valence-electron chi connectivity index (χ2n) is 8.04. The second-order valence-corrected chi connectivity index (χ2v) is 8.04. The van der Waals surface area contributed by atoms with Crippen molar-refractivity contribution in [2.75, 3.05) is 47.5 Å². The average Bonchev–Trinajstić information content (AvgIpc) is 3.36. The molecule has 1 fully saturated rings. The normalized spacial score (nSPS) is 13.1. The Labute approximate surface area is 215 Å². The zero-order valence-electron chi connectivity index (χ0n) is 22.2. The highest BCUT2D eigenvalue weighted by Crippen LogP contribution is 2.19. The van der Waals surface area contributed by atoms with Crippen molar-refractivity contribution in [3.63, 3.8) is 0 Å². The summed E-state index contributed by atoms with van der Waals surface area (Å²) in [5, 5.41) is 0. The summed E-state index contributed by atoms with van der Waals surface area (Å²) < 4.78 is 17.3. The topological polar surface area (TPSA) is 69.1 Å². The van der Waals surface area contributed by atoms with E-state index in [2.05, 4.69) is 43.5 Å². The quantitative estimate of drug-likeness (QED) is 0.474. The summed E-state index contributed by atoms with van der Waals surface area (Å²) in [5.74, 6) is 0.729. The van der Waals surface area contributed by atoms with E-state index in [9.17, 15) is 4.79 Å². The average molecular weight is 496 g/mol. The molecule has 3 aromatic rings. The summed E-state index contributed by atoms with van der Waals surface area (Å²) in [5.41, 5.74) is 3.30. The summed E-state index contributed by atoms with van der Waals surface area (Å²) in [6.45, 7) is 8.75. The maximum Gasteiger partial charge on any atom is 0.410 e. The Balaban J connectivity index is 0.000000850. The van der Waals surface area contributed by atoms with Crippen LogP contribution >= 0.6 is 0 Å². The van der Waals surface area contributed by atoms with E-state index >= 15 is 0 Å². The van der Waals surface area contributed by atoms with Crippen LogP contribution in [0.3, 0.4) is 0 Å². The summed E-state index contributed by atoms with van der Waals surface area (Å²) in [4.78, 5) is 20.9. The fourth-order valence-corrected chi connectivity index (χ4v) is 3.77.